The molecule has 0 saturated carbocycles. The number of hydrogen-bond donors (Lipinski definition) is 1. The number of rotatable bonds is 6. The van der Waals surface area contributed by atoms with Crippen molar-refractivity contribution in [3.63, 3.8) is 0 Å². The number of anilines is 2. The van der Waals surface area contributed by atoms with E-state index in [-0.39, 0.29) is 0 Å². The molecule has 1 aromatic carbocycles. The standard InChI is InChI=1S/C19H26N6/c1-16(2)21-19-22-18(15-20-23-19)25-13-11-24(12-14-25)10-6-9-17-7-4-3-5-8-17/h3-9,15-16H,10-14H2,1-2H3,(H,21,22,23)/b9-6+. The Kier molecular flexibility index (Phi) is 5.95. The molecule has 2 heterocycles. The van der Waals surface area contributed by atoms with E-state index in [1.807, 2.05) is 6.07 Å². The number of benzene rings is 1. The molecule has 1 fully saturated rings. The quantitative estimate of drug-likeness (QED) is 0.873. The Balaban J connectivity index is 1.49. The fraction of sp³-hybridized carbons (Fsp3) is 0.421. The highest BCUT2D eigenvalue weighted by Gasteiger charge is 2.18. The largest absolute Gasteiger partial charge is 0.353 e. The van der Waals surface area contributed by atoms with Gasteiger partial charge in [-0.15, -0.1) is 5.10 Å². The lowest BCUT2D eigenvalue weighted by Gasteiger charge is -2.34. The van der Waals surface area contributed by atoms with Gasteiger partial charge in [-0.3, -0.25) is 4.90 Å². The third-order valence-electron chi connectivity index (χ3n) is 4.13. The molecule has 2 aromatic rings. The highest BCUT2D eigenvalue weighted by atomic mass is 15.3. The van der Waals surface area contributed by atoms with Crippen molar-refractivity contribution in [2.75, 3.05) is 42.9 Å². The molecule has 1 aliphatic heterocycles. The van der Waals surface area contributed by atoms with Crippen LogP contribution in [0.15, 0.2) is 42.6 Å². The normalized spacial score (nSPS) is 15.9. The van der Waals surface area contributed by atoms with Gasteiger partial charge in [0.05, 0.1) is 6.20 Å². The molecular weight excluding hydrogens is 312 g/mol. The molecule has 6 nitrogen and oxygen atoms in total. The molecule has 25 heavy (non-hydrogen) atoms. The molecule has 1 N–H and O–H groups in total. The molecule has 1 aromatic heterocycles. The van der Waals surface area contributed by atoms with E-state index in [9.17, 15) is 0 Å². The number of nitrogens with zero attached hydrogens (tertiary/aromatic N) is 5. The maximum Gasteiger partial charge on any atom is 0.244 e. The molecular formula is C19H26N6. The van der Waals surface area contributed by atoms with Crippen LogP contribution in [0.5, 0.6) is 0 Å². The molecule has 0 unspecified atom stereocenters. The van der Waals surface area contributed by atoms with Gasteiger partial charge in [0.15, 0.2) is 5.82 Å². The van der Waals surface area contributed by atoms with Crippen LogP contribution in [0.3, 0.4) is 0 Å². The molecule has 1 saturated heterocycles. The summed E-state index contributed by atoms with van der Waals surface area (Å²) in [4.78, 5) is 9.30. The van der Waals surface area contributed by atoms with Crippen LogP contribution < -0.4 is 10.2 Å². The second kappa shape index (κ2) is 8.58. The van der Waals surface area contributed by atoms with Crippen LogP contribution in [0.1, 0.15) is 19.4 Å². The van der Waals surface area contributed by atoms with E-state index in [0.717, 1.165) is 38.5 Å². The minimum absolute atomic E-state index is 0.297. The van der Waals surface area contributed by atoms with Crippen molar-refractivity contribution in [3.05, 3.63) is 48.2 Å². The first-order valence-corrected chi connectivity index (χ1v) is 8.86. The highest BCUT2D eigenvalue weighted by Crippen LogP contribution is 2.14. The van der Waals surface area contributed by atoms with Crippen LogP contribution in [0.2, 0.25) is 0 Å². The van der Waals surface area contributed by atoms with Gasteiger partial charge in [-0.2, -0.15) is 10.1 Å². The first kappa shape index (κ1) is 17.4. The Morgan fingerprint density at radius 1 is 1.12 bits per heavy atom. The predicted octanol–water partition coefficient (Wildman–Crippen LogP) is 2.53. The molecule has 132 valence electrons. The third kappa shape index (κ3) is 5.26. The van der Waals surface area contributed by atoms with Crippen LogP contribution in [-0.4, -0.2) is 58.8 Å². The summed E-state index contributed by atoms with van der Waals surface area (Å²) in [5.41, 5.74) is 1.25. The first-order valence-electron chi connectivity index (χ1n) is 8.86. The predicted molar refractivity (Wildman–Crippen MR) is 103 cm³/mol. The second-order valence-electron chi connectivity index (χ2n) is 6.54. The first-order chi connectivity index (χ1) is 12.2. The average Bonchev–Trinajstić information content (AvgIpc) is 2.63. The summed E-state index contributed by atoms with van der Waals surface area (Å²) in [5.74, 6) is 1.50. The summed E-state index contributed by atoms with van der Waals surface area (Å²) in [5, 5.41) is 11.3. The number of hydrogen-bond acceptors (Lipinski definition) is 6. The molecule has 0 atom stereocenters. The van der Waals surface area contributed by atoms with Crippen molar-refractivity contribution >= 4 is 17.8 Å². The van der Waals surface area contributed by atoms with E-state index in [4.69, 9.17) is 0 Å². The van der Waals surface area contributed by atoms with Crippen LogP contribution in [0.25, 0.3) is 6.08 Å². The zero-order valence-corrected chi connectivity index (χ0v) is 15.0. The lowest BCUT2D eigenvalue weighted by Crippen LogP contribution is -2.46. The maximum atomic E-state index is 4.57. The zero-order chi connectivity index (χ0) is 17.5. The Hall–Kier alpha value is -2.47. The van der Waals surface area contributed by atoms with Crippen molar-refractivity contribution in [2.45, 2.75) is 19.9 Å². The summed E-state index contributed by atoms with van der Waals surface area (Å²) in [6.45, 7) is 9.07. The Bertz CT molecular complexity index is 677. The van der Waals surface area contributed by atoms with Crippen molar-refractivity contribution in [3.8, 4) is 0 Å². The molecule has 1 aliphatic rings. The maximum absolute atomic E-state index is 4.57. The summed E-state index contributed by atoms with van der Waals surface area (Å²) >= 11 is 0. The Labute approximate surface area is 149 Å². The van der Waals surface area contributed by atoms with Crippen molar-refractivity contribution in [1.29, 1.82) is 0 Å². The Morgan fingerprint density at radius 2 is 1.88 bits per heavy atom. The van der Waals surface area contributed by atoms with Gasteiger partial charge in [0.2, 0.25) is 5.95 Å². The topological polar surface area (TPSA) is 57.2 Å². The average molecular weight is 338 g/mol. The lowest BCUT2D eigenvalue weighted by atomic mass is 10.2. The summed E-state index contributed by atoms with van der Waals surface area (Å²) in [6, 6.07) is 10.7. The van der Waals surface area contributed by atoms with Crippen molar-refractivity contribution in [2.24, 2.45) is 0 Å². The molecule has 0 radical (unpaired) electrons. The number of aromatic nitrogens is 3. The van der Waals surface area contributed by atoms with Gasteiger partial charge >= 0.3 is 0 Å². The fourth-order valence-corrected chi connectivity index (χ4v) is 2.83. The van der Waals surface area contributed by atoms with Gasteiger partial charge in [0.1, 0.15) is 0 Å². The molecule has 6 heteroatoms. The minimum atomic E-state index is 0.297. The SMILES string of the molecule is CC(C)Nc1nncc(N2CCN(C/C=C/c3ccccc3)CC2)n1. The van der Waals surface area contributed by atoms with Gasteiger partial charge in [-0.25, -0.2) is 0 Å². The molecule has 3 rings (SSSR count). The monoisotopic (exact) mass is 338 g/mol. The third-order valence-corrected chi connectivity index (χ3v) is 4.13. The molecule has 0 amide bonds. The van der Waals surface area contributed by atoms with E-state index in [1.165, 1.54) is 5.56 Å². The summed E-state index contributed by atoms with van der Waals surface area (Å²) in [6.07, 6.45) is 6.17. The fourth-order valence-electron chi connectivity index (χ4n) is 2.83. The van der Waals surface area contributed by atoms with Crippen LogP contribution in [0.4, 0.5) is 11.8 Å². The summed E-state index contributed by atoms with van der Waals surface area (Å²) in [7, 11) is 0. The van der Waals surface area contributed by atoms with E-state index < -0.39 is 0 Å². The molecule has 0 spiro atoms. The lowest BCUT2D eigenvalue weighted by molar-refractivity contribution is 0.283. The van der Waals surface area contributed by atoms with E-state index in [1.54, 1.807) is 6.20 Å². The van der Waals surface area contributed by atoms with Gasteiger partial charge in [0, 0.05) is 38.8 Å². The van der Waals surface area contributed by atoms with E-state index >= 15 is 0 Å². The van der Waals surface area contributed by atoms with Crippen molar-refractivity contribution in [1.82, 2.24) is 20.1 Å². The molecule has 0 aliphatic carbocycles. The van der Waals surface area contributed by atoms with Gasteiger partial charge in [-0.05, 0) is 19.4 Å². The van der Waals surface area contributed by atoms with Crippen LogP contribution in [-0.2, 0) is 0 Å². The highest BCUT2D eigenvalue weighted by molar-refractivity contribution is 5.48. The van der Waals surface area contributed by atoms with E-state index in [0.29, 0.717) is 12.0 Å². The number of piperazine rings is 1. The number of nitrogens with one attached hydrogen (secondary N) is 1. The molecule has 0 bridgehead atoms. The minimum Gasteiger partial charge on any atom is -0.353 e. The van der Waals surface area contributed by atoms with Crippen molar-refractivity contribution < 1.29 is 0 Å². The van der Waals surface area contributed by atoms with E-state index in [2.05, 4.69) is 80.6 Å². The van der Waals surface area contributed by atoms with Gasteiger partial charge in [0.25, 0.3) is 0 Å². The second-order valence-corrected chi connectivity index (χ2v) is 6.54. The Morgan fingerprint density at radius 3 is 2.60 bits per heavy atom. The van der Waals surface area contributed by atoms with Gasteiger partial charge in [-0.1, -0.05) is 42.5 Å². The zero-order valence-electron chi connectivity index (χ0n) is 15.0. The summed E-state index contributed by atoms with van der Waals surface area (Å²) < 4.78 is 0. The van der Waals surface area contributed by atoms with Crippen LogP contribution >= 0.6 is 0 Å². The van der Waals surface area contributed by atoms with Gasteiger partial charge < -0.3 is 10.2 Å². The van der Waals surface area contributed by atoms with Crippen LogP contribution in [0, 0.1) is 0 Å². The smallest absolute Gasteiger partial charge is 0.244 e.